The fourth-order valence-electron chi connectivity index (χ4n) is 1.52. The summed E-state index contributed by atoms with van der Waals surface area (Å²) < 4.78 is 25.5. The van der Waals surface area contributed by atoms with Crippen LogP contribution in [0.25, 0.3) is 0 Å². The number of hydrogen-bond acceptors (Lipinski definition) is 0. The van der Waals surface area contributed by atoms with Crippen LogP contribution in [0.1, 0.15) is 33.1 Å². The molecule has 1 rings (SSSR count). The minimum atomic E-state index is -1.22. The summed E-state index contributed by atoms with van der Waals surface area (Å²) in [6.07, 6.45) is 0.638. The maximum atomic E-state index is 12.9. The Morgan fingerprint density at radius 3 is 1.89 bits per heavy atom. The lowest BCUT2D eigenvalue weighted by atomic mass is 9.70. The standard InChI is InChI=1S/C7H12F2/c1-3-7(9)4-6(2,8)5-7/h3-5H2,1-2H3. The van der Waals surface area contributed by atoms with E-state index in [1.807, 2.05) is 0 Å². The molecular formula is C7H12F2. The third-order valence-corrected chi connectivity index (χ3v) is 2.00. The van der Waals surface area contributed by atoms with Crippen LogP contribution >= 0.6 is 0 Å². The fourth-order valence-corrected chi connectivity index (χ4v) is 1.52. The van der Waals surface area contributed by atoms with Crippen molar-refractivity contribution in [3.8, 4) is 0 Å². The number of hydrogen-bond donors (Lipinski definition) is 0. The van der Waals surface area contributed by atoms with E-state index in [2.05, 4.69) is 0 Å². The van der Waals surface area contributed by atoms with Gasteiger partial charge in [-0.15, -0.1) is 0 Å². The molecule has 0 amide bonds. The van der Waals surface area contributed by atoms with E-state index in [-0.39, 0.29) is 12.8 Å². The summed E-state index contributed by atoms with van der Waals surface area (Å²) in [4.78, 5) is 0. The normalized spacial score (nSPS) is 50.7. The number of alkyl halides is 2. The highest BCUT2D eigenvalue weighted by molar-refractivity contribution is 5.02. The van der Waals surface area contributed by atoms with Gasteiger partial charge in [0.15, 0.2) is 0 Å². The summed E-state index contributed by atoms with van der Waals surface area (Å²) in [5, 5.41) is 0. The van der Waals surface area contributed by atoms with Crippen molar-refractivity contribution in [3.05, 3.63) is 0 Å². The molecule has 1 saturated carbocycles. The quantitative estimate of drug-likeness (QED) is 0.517. The van der Waals surface area contributed by atoms with Crippen LogP contribution in [-0.4, -0.2) is 11.3 Å². The van der Waals surface area contributed by atoms with Gasteiger partial charge in [0.05, 0.1) is 0 Å². The molecule has 0 bridgehead atoms. The lowest BCUT2D eigenvalue weighted by Gasteiger charge is -2.43. The Morgan fingerprint density at radius 2 is 1.78 bits per heavy atom. The van der Waals surface area contributed by atoms with Gasteiger partial charge in [0, 0.05) is 12.8 Å². The molecule has 0 nitrogen and oxygen atoms in total. The Bertz CT molecular complexity index is 110. The smallest absolute Gasteiger partial charge is 0.116 e. The van der Waals surface area contributed by atoms with Gasteiger partial charge in [-0.25, -0.2) is 8.78 Å². The molecule has 0 aromatic carbocycles. The van der Waals surface area contributed by atoms with E-state index in [0.29, 0.717) is 6.42 Å². The summed E-state index contributed by atoms with van der Waals surface area (Å²) in [6.45, 7) is 3.22. The van der Waals surface area contributed by atoms with Crippen molar-refractivity contribution in [1.29, 1.82) is 0 Å². The van der Waals surface area contributed by atoms with Gasteiger partial charge in [-0.2, -0.15) is 0 Å². The van der Waals surface area contributed by atoms with E-state index >= 15 is 0 Å². The second-order valence-corrected chi connectivity index (χ2v) is 3.27. The van der Waals surface area contributed by atoms with Crippen molar-refractivity contribution in [1.82, 2.24) is 0 Å². The van der Waals surface area contributed by atoms with Crippen molar-refractivity contribution in [2.45, 2.75) is 44.4 Å². The van der Waals surface area contributed by atoms with E-state index in [0.717, 1.165) is 0 Å². The maximum Gasteiger partial charge on any atom is 0.116 e. The molecule has 9 heavy (non-hydrogen) atoms. The molecule has 0 N–H and O–H groups in total. The molecule has 0 spiro atoms. The van der Waals surface area contributed by atoms with Gasteiger partial charge < -0.3 is 0 Å². The molecule has 0 aromatic heterocycles. The molecule has 0 radical (unpaired) electrons. The topological polar surface area (TPSA) is 0 Å². The molecule has 1 aliphatic rings. The van der Waals surface area contributed by atoms with Crippen LogP contribution in [0, 0.1) is 0 Å². The zero-order chi connectivity index (χ0) is 7.12. The average molecular weight is 134 g/mol. The van der Waals surface area contributed by atoms with Crippen LogP contribution in [0.5, 0.6) is 0 Å². The Kier molecular flexibility index (Phi) is 1.30. The van der Waals surface area contributed by atoms with Gasteiger partial charge in [0.1, 0.15) is 11.3 Å². The van der Waals surface area contributed by atoms with Crippen molar-refractivity contribution in [3.63, 3.8) is 0 Å². The van der Waals surface area contributed by atoms with E-state index in [4.69, 9.17) is 0 Å². The SMILES string of the molecule is CCC1(F)CC(C)(F)C1. The molecule has 0 heterocycles. The molecule has 0 atom stereocenters. The minimum Gasteiger partial charge on any atom is -0.244 e. The zero-order valence-electron chi connectivity index (χ0n) is 5.88. The highest BCUT2D eigenvalue weighted by atomic mass is 19.2. The van der Waals surface area contributed by atoms with Crippen LogP contribution in [0.2, 0.25) is 0 Å². The Hall–Kier alpha value is -0.140. The predicted molar refractivity (Wildman–Crippen MR) is 32.9 cm³/mol. The molecule has 0 aromatic rings. The molecule has 2 heteroatoms. The van der Waals surface area contributed by atoms with Gasteiger partial charge in [0.25, 0.3) is 0 Å². The molecular weight excluding hydrogens is 122 g/mol. The van der Waals surface area contributed by atoms with Gasteiger partial charge in [0.2, 0.25) is 0 Å². The molecule has 1 aliphatic carbocycles. The first-order valence-electron chi connectivity index (χ1n) is 3.35. The van der Waals surface area contributed by atoms with E-state index < -0.39 is 11.3 Å². The molecule has 54 valence electrons. The summed E-state index contributed by atoms with van der Waals surface area (Å²) in [5.41, 5.74) is -2.39. The minimum absolute atomic E-state index is 0.0938. The monoisotopic (exact) mass is 134 g/mol. The summed E-state index contributed by atoms with van der Waals surface area (Å²) in [6, 6.07) is 0. The highest BCUT2D eigenvalue weighted by Crippen LogP contribution is 2.48. The van der Waals surface area contributed by atoms with Gasteiger partial charge in [-0.05, 0) is 13.3 Å². The molecule has 0 saturated heterocycles. The largest absolute Gasteiger partial charge is 0.244 e. The fraction of sp³-hybridized carbons (Fsp3) is 1.00. The van der Waals surface area contributed by atoms with Gasteiger partial charge in [-0.3, -0.25) is 0 Å². The van der Waals surface area contributed by atoms with Crippen LogP contribution in [-0.2, 0) is 0 Å². The van der Waals surface area contributed by atoms with Crippen LogP contribution in [0.15, 0.2) is 0 Å². The van der Waals surface area contributed by atoms with E-state index in [9.17, 15) is 8.78 Å². The number of halogens is 2. The van der Waals surface area contributed by atoms with Crippen molar-refractivity contribution in [2.75, 3.05) is 0 Å². The third-order valence-electron chi connectivity index (χ3n) is 2.00. The lowest BCUT2D eigenvalue weighted by Crippen LogP contribution is -2.48. The highest BCUT2D eigenvalue weighted by Gasteiger charge is 2.52. The average Bonchev–Trinajstić information content (AvgIpc) is 1.61. The van der Waals surface area contributed by atoms with Crippen LogP contribution in [0.3, 0.4) is 0 Å². The Labute approximate surface area is 54.3 Å². The van der Waals surface area contributed by atoms with Crippen molar-refractivity contribution in [2.24, 2.45) is 0 Å². The summed E-state index contributed by atoms with van der Waals surface area (Å²) >= 11 is 0. The van der Waals surface area contributed by atoms with Gasteiger partial charge in [-0.1, -0.05) is 6.92 Å². The first-order valence-corrected chi connectivity index (χ1v) is 3.35. The van der Waals surface area contributed by atoms with Crippen LogP contribution < -0.4 is 0 Å². The summed E-state index contributed by atoms with van der Waals surface area (Å²) in [7, 11) is 0. The van der Waals surface area contributed by atoms with Gasteiger partial charge >= 0.3 is 0 Å². The van der Waals surface area contributed by atoms with E-state index in [1.165, 1.54) is 6.92 Å². The first kappa shape index (κ1) is 6.97. The summed E-state index contributed by atoms with van der Waals surface area (Å²) in [5.74, 6) is 0. The zero-order valence-corrected chi connectivity index (χ0v) is 5.88. The molecule has 0 unspecified atom stereocenters. The second-order valence-electron chi connectivity index (χ2n) is 3.27. The Balaban J connectivity index is 2.41. The van der Waals surface area contributed by atoms with E-state index in [1.54, 1.807) is 6.92 Å². The maximum absolute atomic E-state index is 12.9. The Morgan fingerprint density at radius 1 is 1.33 bits per heavy atom. The molecule has 1 fully saturated rings. The lowest BCUT2D eigenvalue weighted by molar-refractivity contribution is -0.0785. The predicted octanol–water partition coefficient (Wildman–Crippen LogP) is 2.63. The van der Waals surface area contributed by atoms with Crippen LogP contribution in [0.4, 0.5) is 8.78 Å². The molecule has 0 aliphatic heterocycles. The van der Waals surface area contributed by atoms with Crippen molar-refractivity contribution >= 4 is 0 Å². The first-order chi connectivity index (χ1) is 3.97. The third kappa shape index (κ3) is 1.22. The van der Waals surface area contributed by atoms with Crippen molar-refractivity contribution < 1.29 is 8.78 Å². The second kappa shape index (κ2) is 1.68. The number of rotatable bonds is 1.